The Balaban J connectivity index is 0. The molecule has 0 aliphatic rings. The van der Waals surface area contributed by atoms with Crippen molar-refractivity contribution in [3.63, 3.8) is 0 Å². The van der Waals surface area contributed by atoms with Crippen LogP contribution in [0.1, 0.15) is 0 Å². The molecule has 0 amide bonds. The van der Waals surface area contributed by atoms with Crippen LogP contribution in [-0.4, -0.2) is 22.0 Å². The molecule has 0 bridgehead atoms. The summed E-state index contributed by atoms with van der Waals surface area (Å²) >= 11 is 0. The van der Waals surface area contributed by atoms with Crippen LogP contribution in [0, 0.1) is 7.43 Å². The van der Waals surface area contributed by atoms with Gasteiger partial charge in [-0.2, -0.15) is 0 Å². The predicted octanol–water partition coefficient (Wildman–Crippen LogP) is -2.26. The second-order valence-electron chi connectivity index (χ2n) is 0.753. The van der Waals surface area contributed by atoms with Gasteiger partial charge in [0.25, 0.3) is 0 Å². The van der Waals surface area contributed by atoms with Crippen molar-refractivity contribution < 1.29 is 23.6 Å². The van der Waals surface area contributed by atoms with Gasteiger partial charge in [0.05, 0.1) is 0 Å². The SMILES string of the molecule is O=BOB([O-])OB=O.[CH3+]. The smallest absolute Gasteiger partial charge is 0.0467 e. The normalized spacial score (nSPS) is 5.44. The van der Waals surface area contributed by atoms with Crippen LogP contribution >= 0.6 is 0 Å². The van der Waals surface area contributed by atoms with E-state index in [0.717, 1.165) is 0 Å². The fourth-order valence-corrected chi connectivity index (χ4v) is 0.123. The predicted molar refractivity (Wildman–Crippen MR) is 27.2 cm³/mol. The van der Waals surface area contributed by atoms with Crippen molar-refractivity contribution >= 4 is 22.0 Å². The molecule has 0 aliphatic heterocycles. The van der Waals surface area contributed by atoms with Gasteiger partial charge in [0.2, 0.25) is 0 Å². The fourth-order valence-electron chi connectivity index (χ4n) is 0.123. The molecule has 0 saturated carbocycles. The van der Waals surface area contributed by atoms with Gasteiger partial charge < -0.3 is 0 Å². The molecule has 0 aromatic heterocycles. The Bertz CT molecular complexity index is 74.3. The molecular formula is CH3B3O5. The third kappa shape index (κ3) is 7.22. The minimum absolute atomic E-state index is 0. The van der Waals surface area contributed by atoms with Crippen molar-refractivity contribution in [1.82, 2.24) is 0 Å². The van der Waals surface area contributed by atoms with Crippen LogP contribution < -0.4 is 5.02 Å². The summed E-state index contributed by atoms with van der Waals surface area (Å²) in [6.45, 7) is 0. The maximum Gasteiger partial charge on any atom is 0.0467 e. The number of rotatable bonds is 4. The van der Waals surface area contributed by atoms with Crippen molar-refractivity contribution in [3.8, 4) is 0 Å². The van der Waals surface area contributed by atoms with Crippen molar-refractivity contribution in [2.24, 2.45) is 0 Å². The second-order valence-corrected chi connectivity index (χ2v) is 0.753. The topological polar surface area (TPSA) is 75.7 Å². The molecule has 0 radical (unpaired) electrons. The van der Waals surface area contributed by atoms with Crippen molar-refractivity contribution in [2.45, 2.75) is 0 Å². The molecule has 0 fully saturated rings. The van der Waals surface area contributed by atoms with Gasteiger partial charge >= 0.3 is 45.6 Å². The maximum atomic E-state index is 9.82. The summed E-state index contributed by atoms with van der Waals surface area (Å²) in [6.07, 6.45) is 0. The third-order valence-corrected chi connectivity index (χ3v) is 0.333. The molecule has 0 saturated heterocycles. The quantitative estimate of drug-likeness (QED) is 0.315. The van der Waals surface area contributed by atoms with E-state index < -0.39 is 7.32 Å². The number of hydrogen-bond donors (Lipinski definition) is 0. The molecular weight excluding hydrogens is 124 g/mol. The standard InChI is InChI=1S/CH3.B3O5/c;4-1-7-3(6)8-2-5/h1H3;/q+1;-1. The van der Waals surface area contributed by atoms with E-state index in [9.17, 15) is 14.4 Å². The van der Waals surface area contributed by atoms with E-state index >= 15 is 0 Å². The Morgan fingerprint density at radius 2 is 1.56 bits per heavy atom. The van der Waals surface area contributed by atoms with Gasteiger partial charge in [-0.3, -0.25) is 0 Å². The van der Waals surface area contributed by atoms with Crippen LogP contribution in [0.4, 0.5) is 0 Å². The van der Waals surface area contributed by atoms with E-state index in [1.807, 2.05) is 0 Å². The molecule has 0 aromatic carbocycles. The Morgan fingerprint density at radius 1 is 1.22 bits per heavy atom. The maximum absolute atomic E-state index is 9.82. The molecule has 0 unspecified atom stereocenters. The van der Waals surface area contributed by atoms with E-state index in [4.69, 9.17) is 0 Å². The number of hydrogen-bond acceptors (Lipinski definition) is 5. The Morgan fingerprint density at radius 3 is 1.78 bits per heavy atom. The minimum Gasteiger partial charge on any atom is 0.0467 e. The van der Waals surface area contributed by atoms with Crippen LogP contribution in [0.2, 0.25) is 0 Å². The van der Waals surface area contributed by atoms with Gasteiger partial charge in [0.1, 0.15) is 0 Å². The summed E-state index contributed by atoms with van der Waals surface area (Å²) < 4.78 is 25.7. The van der Waals surface area contributed by atoms with Crippen LogP contribution in [0.15, 0.2) is 0 Å². The summed E-state index contributed by atoms with van der Waals surface area (Å²) in [7, 11) is -2.22. The summed E-state index contributed by atoms with van der Waals surface area (Å²) in [4.78, 5) is 0. The molecule has 0 spiro atoms. The van der Waals surface area contributed by atoms with Crippen LogP contribution in [0.3, 0.4) is 0 Å². The summed E-state index contributed by atoms with van der Waals surface area (Å²) in [5.41, 5.74) is 0. The molecule has 5 nitrogen and oxygen atoms in total. The molecule has 9 heavy (non-hydrogen) atoms. The monoisotopic (exact) mass is 128 g/mol. The zero-order chi connectivity index (χ0) is 6.41. The Kier molecular flexibility index (Phi) is 8.89. The first kappa shape index (κ1) is 11.1. The van der Waals surface area contributed by atoms with Gasteiger partial charge in [-0.25, -0.2) is 0 Å². The summed E-state index contributed by atoms with van der Waals surface area (Å²) in [6, 6.07) is 0. The van der Waals surface area contributed by atoms with E-state index in [-0.39, 0.29) is 22.1 Å². The van der Waals surface area contributed by atoms with Crippen LogP contribution in [0.5, 0.6) is 0 Å². The van der Waals surface area contributed by atoms with Gasteiger partial charge in [0, 0.05) is 7.43 Å². The minimum atomic E-state index is -2.02. The first-order chi connectivity index (χ1) is 3.81. The molecule has 46 valence electrons. The van der Waals surface area contributed by atoms with E-state index in [2.05, 4.69) is 9.14 Å². The first-order valence-corrected chi connectivity index (χ1v) is 1.65. The van der Waals surface area contributed by atoms with Gasteiger partial charge in [-0.05, 0) is 0 Å². The molecule has 0 atom stereocenters. The largest absolute Gasteiger partial charge is 0.0467 e. The zero-order valence-electron chi connectivity index (χ0n) is 4.77. The van der Waals surface area contributed by atoms with Crippen LogP contribution in [0.25, 0.3) is 0 Å². The van der Waals surface area contributed by atoms with E-state index in [1.54, 1.807) is 0 Å². The van der Waals surface area contributed by atoms with Gasteiger partial charge in [-0.1, -0.05) is 0 Å². The second kappa shape index (κ2) is 7.22. The summed E-state index contributed by atoms with van der Waals surface area (Å²) in [5, 5.41) is 9.82. The molecule has 0 heterocycles. The van der Waals surface area contributed by atoms with Crippen LogP contribution in [-0.2, 0) is 18.6 Å². The van der Waals surface area contributed by atoms with Gasteiger partial charge in [0.15, 0.2) is 0 Å². The van der Waals surface area contributed by atoms with Crippen molar-refractivity contribution in [3.05, 3.63) is 7.43 Å². The Labute approximate surface area is 54.1 Å². The zero-order valence-corrected chi connectivity index (χ0v) is 4.77. The Hall–Kier alpha value is -0.775. The molecule has 0 rings (SSSR count). The average molecular weight is 127 g/mol. The summed E-state index contributed by atoms with van der Waals surface area (Å²) in [5.74, 6) is 0. The van der Waals surface area contributed by atoms with E-state index in [0.29, 0.717) is 0 Å². The van der Waals surface area contributed by atoms with Crippen molar-refractivity contribution in [2.75, 3.05) is 0 Å². The average Bonchev–Trinajstić information content (AvgIpc) is 1.68. The first-order valence-electron chi connectivity index (χ1n) is 1.65. The molecule has 0 N–H and O–H groups in total. The fraction of sp³-hybridized carbons (Fsp3) is 0. The molecule has 0 aliphatic carbocycles. The molecule has 8 heteroatoms. The molecule has 0 aromatic rings. The van der Waals surface area contributed by atoms with Gasteiger partial charge in [-0.15, -0.1) is 0 Å². The van der Waals surface area contributed by atoms with E-state index in [1.165, 1.54) is 0 Å². The van der Waals surface area contributed by atoms with Crippen molar-refractivity contribution in [1.29, 1.82) is 0 Å². The third-order valence-electron chi connectivity index (χ3n) is 0.333.